The number of ether oxygens (including phenoxy) is 1. The number of rotatable bonds is 4. The Kier molecular flexibility index (Phi) is 6.52. The fourth-order valence-electron chi connectivity index (χ4n) is 3.12. The SMILES string of the molecule is COc1ccc(-c2cc(N)c(C(=O)NNC(=S)NC3CCCCC3)s2)cc1. The van der Waals surface area contributed by atoms with Crippen LogP contribution < -0.4 is 26.6 Å². The molecule has 0 saturated heterocycles. The van der Waals surface area contributed by atoms with Crippen molar-refractivity contribution in [3.8, 4) is 16.2 Å². The largest absolute Gasteiger partial charge is 0.497 e. The van der Waals surface area contributed by atoms with E-state index in [1.807, 2.05) is 24.3 Å². The van der Waals surface area contributed by atoms with E-state index in [0.717, 1.165) is 29.0 Å². The number of thiophene rings is 1. The third-order valence-electron chi connectivity index (χ3n) is 4.57. The van der Waals surface area contributed by atoms with E-state index in [4.69, 9.17) is 22.7 Å². The van der Waals surface area contributed by atoms with E-state index in [0.29, 0.717) is 21.7 Å². The average Bonchev–Trinajstić information content (AvgIpc) is 3.09. The van der Waals surface area contributed by atoms with Gasteiger partial charge in [-0.2, -0.15) is 0 Å². The molecule has 3 rings (SSSR count). The van der Waals surface area contributed by atoms with E-state index in [1.165, 1.54) is 30.6 Å². The van der Waals surface area contributed by atoms with Crippen LogP contribution in [0.15, 0.2) is 30.3 Å². The Morgan fingerprint density at radius 3 is 2.56 bits per heavy atom. The summed E-state index contributed by atoms with van der Waals surface area (Å²) < 4.78 is 5.17. The average molecular weight is 405 g/mol. The molecule has 1 saturated carbocycles. The number of nitrogens with one attached hydrogen (secondary N) is 3. The summed E-state index contributed by atoms with van der Waals surface area (Å²) in [6.45, 7) is 0. The summed E-state index contributed by atoms with van der Waals surface area (Å²) >= 11 is 6.60. The Morgan fingerprint density at radius 2 is 1.89 bits per heavy atom. The molecule has 0 atom stereocenters. The lowest BCUT2D eigenvalue weighted by molar-refractivity contribution is 0.0948. The van der Waals surface area contributed by atoms with Crippen LogP contribution in [0.3, 0.4) is 0 Å². The number of hydrazine groups is 1. The van der Waals surface area contributed by atoms with Crippen molar-refractivity contribution in [2.24, 2.45) is 0 Å². The molecule has 1 amide bonds. The lowest BCUT2D eigenvalue weighted by Gasteiger charge is -2.24. The number of hydrogen-bond donors (Lipinski definition) is 4. The molecule has 0 bridgehead atoms. The number of carbonyl (C=O) groups is 1. The molecule has 0 spiro atoms. The molecule has 1 aromatic carbocycles. The van der Waals surface area contributed by atoms with E-state index in [1.54, 1.807) is 13.2 Å². The van der Waals surface area contributed by atoms with Crippen LogP contribution in [0.4, 0.5) is 5.69 Å². The number of anilines is 1. The third-order valence-corrected chi connectivity index (χ3v) is 5.99. The molecule has 0 radical (unpaired) electrons. The first kappa shape index (κ1) is 19.4. The summed E-state index contributed by atoms with van der Waals surface area (Å²) in [5.41, 5.74) is 12.9. The normalized spacial score (nSPS) is 14.4. The minimum atomic E-state index is -0.301. The number of amides is 1. The zero-order chi connectivity index (χ0) is 19.2. The number of nitrogen functional groups attached to an aromatic ring is 1. The number of benzene rings is 1. The van der Waals surface area contributed by atoms with Crippen molar-refractivity contribution in [1.82, 2.24) is 16.2 Å². The molecule has 0 unspecified atom stereocenters. The van der Waals surface area contributed by atoms with Crippen LogP contribution >= 0.6 is 23.6 Å². The van der Waals surface area contributed by atoms with Gasteiger partial charge >= 0.3 is 0 Å². The van der Waals surface area contributed by atoms with Gasteiger partial charge in [-0.15, -0.1) is 11.3 Å². The second-order valence-corrected chi connectivity index (χ2v) is 7.97. The Balaban J connectivity index is 1.57. The van der Waals surface area contributed by atoms with Crippen molar-refractivity contribution >= 4 is 40.3 Å². The Hall–Kier alpha value is -2.32. The lowest BCUT2D eigenvalue weighted by atomic mass is 9.96. The molecule has 1 aliphatic carbocycles. The highest BCUT2D eigenvalue weighted by atomic mass is 32.1. The zero-order valence-electron chi connectivity index (χ0n) is 15.2. The molecule has 1 heterocycles. The van der Waals surface area contributed by atoms with Gasteiger partial charge in [0.2, 0.25) is 0 Å². The van der Waals surface area contributed by atoms with Crippen molar-refractivity contribution in [2.45, 2.75) is 38.1 Å². The van der Waals surface area contributed by atoms with E-state index in [9.17, 15) is 4.79 Å². The van der Waals surface area contributed by atoms with Gasteiger partial charge in [0.25, 0.3) is 5.91 Å². The Morgan fingerprint density at radius 1 is 1.19 bits per heavy atom. The van der Waals surface area contributed by atoms with Crippen LogP contribution in [-0.4, -0.2) is 24.2 Å². The quantitative estimate of drug-likeness (QED) is 0.461. The van der Waals surface area contributed by atoms with Gasteiger partial charge < -0.3 is 15.8 Å². The first-order valence-electron chi connectivity index (χ1n) is 8.97. The summed E-state index contributed by atoms with van der Waals surface area (Å²) in [4.78, 5) is 13.8. The Labute approximate surface area is 168 Å². The number of methoxy groups -OCH3 is 1. The summed E-state index contributed by atoms with van der Waals surface area (Å²) in [6.07, 6.45) is 5.93. The maximum atomic E-state index is 12.5. The molecule has 8 heteroatoms. The highest BCUT2D eigenvalue weighted by Gasteiger charge is 2.17. The minimum absolute atomic E-state index is 0.301. The van der Waals surface area contributed by atoms with Crippen molar-refractivity contribution in [3.63, 3.8) is 0 Å². The predicted molar refractivity (Wildman–Crippen MR) is 114 cm³/mol. The van der Waals surface area contributed by atoms with E-state index in [-0.39, 0.29) is 5.91 Å². The molecule has 27 heavy (non-hydrogen) atoms. The van der Waals surface area contributed by atoms with Crippen molar-refractivity contribution in [2.75, 3.05) is 12.8 Å². The summed E-state index contributed by atoms with van der Waals surface area (Å²) in [5, 5.41) is 3.68. The van der Waals surface area contributed by atoms with Gasteiger partial charge in [0, 0.05) is 10.9 Å². The smallest absolute Gasteiger partial charge is 0.281 e. The van der Waals surface area contributed by atoms with Gasteiger partial charge in [-0.25, -0.2) is 0 Å². The lowest BCUT2D eigenvalue weighted by Crippen LogP contribution is -2.50. The fraction of sp³-hybridized carbons (Fsp3) is 0.368. The fourth-order valence-corrected chi connectivity index (χ4v) is 4.32. The summed E-state index contributed by atoms with van der Waals surface area (Å²) in [5.74, 6) is 0.481. The molecule has 6 nitrogen and oxygen atoms in total. The molecule has 1 aliphatic rings. The monoisotopic (exact) mass is 404 g/mol. The molecular weight excluding hydrogens is 380 g/mol. The van der Waals surface area contributed by atoms with Gasteiger partial charge in [-0.05, 0) is 61.0 Å². The summed E-state index contributed by atoms with van der Waals surface area (Å²) in [7, 11) is 1.63. The summed E-state index contributed by atoms with van der Waals surface area (Å²) in [6, 6.07) is 9.81. The van der Waals surface area contributed by atoms with E-state index >= 15 is 0 Å². The highest BCUT2D eigenvalue weighted by molar-refractivity contribution is 7.80. The van der Waals surface area contributed by atoms with Gasteiger partial charge in [0.15, 0.2) is 5.11 Å². The second kappa shape index (κ2) is 9.05. The van der Waals surface area contributed by atoms with Gasteiger partial charge in [0.1, 0.15) is 10.6 Å². The van der Waals surface area contributed by atoms with Crippen LogP contribution in [0, 0.1) is 0 Å². The van der Waals surface area contributed by atoms with Gasteiger partial charge in [-0.3, -0.25) is 15.6 Å². The third kappa shape index (κ3) is 5.11. The van der Waals surface area contributed by atoms with Crippen LogP contribution in [0.25, 0.3) is 10.4 Å². The number of hydrogen-bond acceptors (Lipinski definition) is 5. The molecule has 144 valence electrons. The first-order chi connectivity index (χ1) is 13.1. The number of thiocarbonyl (C=S) groups is 1. The first-order valence-corrected chi connectivity index (χ1v) is 10.2. The maximum Gasteiger partial charge on any atom is 0.281 e. The van der Waals surface area contributed by atoms with Crippen molar-refractivity contribution in [3.05, 3.63) is 35.2 Å². The van der Waals surface area contributed by atoms with Crippen LogP contribution in [-0.2, 0) is 0 Å². The van der Waals surface area contributed by atoms with Crippen molar-refractivity contribution < 1.29 is 9.53 Å². The molecule has 2 aromatic rings. The molecule has 1 fully saturated rings. The molecule has 0 aliphatic heterocycles. The van der Waals surface area contributed by atoms with Crippen LogP contribution in [0.1, 0.15) is 41.8 Å². The molecule has 1 aromatic heterocycles. The zero-order valence-corrected chi connectivity index (χ0v) is 16.8. The van der Waals surface area contributed by atoms with Gasteiger partial charge in [-0.1, -0.05) is 19.3 Å². The molecule has 5 N–H and O–H groups in total. The standard InChI is InChI=1S/C19H24N4O2S2/c1-25-14-9-7-12(8-10-14)16-11-15(20)17(27-16)18(24)22-23-19(26)21-13-5-3-2-4-6-13/h7-11,13H,2-6,20H2,1H3,(H,22,24)(H2,21,23,26). The van der Waals surface area contributed by atoms with Crippen molar-refractivity contribution in [1.29, 1.82) is 0 Å². The number of carbonyl (C=O) groups excluding carboxylic acids is 1. The van der Waals surface area contributed by atoms with Gasteiger partial charge in [0.05, 0.1) is 12.8 Å². The highest BCUT2D eigenvalue weighted by Crippen LogP contribution is 2.33. The Bertz CT molecular complexity index is 799. The maximum absolute atomic E-state index is 12.5. The predicted octanol–water partition coefficient (Wildman–Crippen LogP) is 3.45. The van der Waals surface area contributed by atoms with Crippen LogP contribution in [0.5, 0.6) is 5.75 Å². The van der Waals surface area contributed by atoms with E-state index < -0.39 is 0 Å². The molecular formula is C19H24N4O2S2. The van der Waals surface area contributed by atoms with E-state index in [2.05, 4.69) is 16.2 Å². The minimum Gasteiger partial charge on any atom is -0.497 e. The topological polar surface area (TPSA) is 88.4 Å². The second-order valence-electron chi connectivity index (χ2n) is 6.51. The number of nitrogens with two attached hydrogens (primary N) is 1. The van der Waals surface area contributed by atoms with Crippen LogP contribution in [0.2, 0.25) is 0 Å².